The molecule has 4 rings (SSSR count). The number of aryl methyl sites for hydroxylation is 1. The van der Waals surface area contributed by atoms with E-state index in [0.717, 1.165) is 49.2 Å². The van der Waals surface area contributed by atoms with Gasteiger partial charge in [0.25, 0.3) is 0 Å². The lowest BCUT2D eigenvalue weighted by atomic mass is 9.97. The summed E-state index contributed by atoms with van der Waals surface area (Å²) < 4.78 is 1.72. The summed E-state index contributed by atoms with van der Waals surface area (Å²) in [6.07, 6.45) is 10.1. The predicted octanol–water partition coefficient (Wildman–Crippen LogP) is 3.36. The van der Waals surface area contributed by atoms with Gasteiger partial charge < -0.3 is 10.2 Å². The van der Waals surface area contributed by atoms with E-state index in [1.165, 1.54) is 12.7 Å². The summed E-state index contributed by atoms with van der Waals surface area (Å²) in [7, 11) is 0. The smallest absolute Gasteiger partial charge is 0.317 e. The molecule has 29 heavy (non-hydrogen) atoms. The molecule has 1 saturated heterocycles. The van der Waals surface area contributed by atoms with Crippen molar-refractivity contribution in [3.63, 3.8) is 0 Å². The van der Waals surface area contributed by atoms with Crippen LogP contribution in [-0.2, 0) is 13.0 Å². The molecular formula is C22H26N6O. The van der Waals surface area contributed by atoms with Crippen molar-refractivity contribution in [3.05, 3.63) is 72.6 Å². The van der Waals surface area contributed by atoms with Gasteiger partial charge in [-0.2, -0.15) is 5.10 Å². The molecule has 1 aromatic carbocycles. The molecule has 0 bridgehead atoms. The van der Waals surface area contributed by atoms with Crippen LogP contribution < -0.4 is 5.32 Å². The standard InChI is InChI=1S/C22H26N6O/c29-22(25-15-18-7-1-2-10-21(18)28-17-23-16-26-28)27-14-6-4-9-20(27)12-11-19-8-3-5-13-24-19/h1-3,5,7-8,10,13,16-17,20H,4,6,9,11-12,14-15H2,(H,25,29)/t20-/m1/s1. The van der Waals surface area contributed by atoms with Gasteiger partial charge in [0.15, 0.2) is 0 Å². The van der Waals surface area contributed by atoms with Gasteiger partial charge in [0.2, 0.25) is 0 Å². The maximum Gasteiger partial charge on any atom is 0.317 e. The second-order valence-electron chi connectivity index (χ2n) is 7.33. The minimum Gasteiger partial charge on any atom is -0.334 e. The number of aromatic nitrogens is 4. The number of piperidine rings is 1. The third-order valence-corrected chi connectivity index (χ3v) is 5.44. The summed E-state index contributed by atoms with van der Waals surface area (Å²) in [4.78, 5) is 23.4. The number of para-hydroxylation sites is 1. The number of hydrogen-bond acceptors (Lipinski definition) is 4. The molecule has 7 nitrogen and oxygen atoms in total. The molecule has 2 amide bonds. The number of likely N-dealkylation sites (tertiary alicyclic amines) is 1. The largest absolute Gasteiger partial charge is 0.334 e. The zero-order chi connectivity index (χ0) is 19.9. The van der Waals surface area contributed by atoms with Crippen LogP contribution in [0.15, 0.2) is 61.3 Å². The first-order valence-corrected chi connectivity index (χ1v) is 10.2. The number of amides is 2. The van der Waals surface area contributed by atoms with E-state index < -0.39 is 0 Å². The van der Waals surface area contributed by atoms with Crippen LogP contribution in [0.2, 0.25) is 0 Å². The highest BCUT2D eigenvalue weighted by Crippen LogP contribution is 2.21. The predicted molar refractivity (Wildman–Crippen MR) is 110 cm³/mol. The van der Waals surface area contributed by atoms with Crippen LogP contribution in [0.1, 0.15) is 36.9 Å². The van der Waals surface area contributed by atoms with Gasteiger partial charge in [-0.3, -0.25) is 4.98 Å². The molecule has 0 aliphatic carbocycles. The van der Waals surface area contributed by atoms with E-state index in [1.807, 2.05) is 53.6 Å². The summed E-state index contributed by atoms with van der Waals surface area (Å²) in [6.45, 7) is 1.27. The Hall–Kier alpha value is -3.22. The zero-order valence-corrected chi connectivity index (χ0v) is 16.4. The van der Waals surface area contributed by atoms with E-state index in [9.17, 15) is 4.79 Å². The van der Waals surface area contributed by atoms with Crippen LogP contribution in [0, 0.1) is 0 Å². The Kier molecular flexibility index (Phi) is 6.14. The first kappa shape index (κ1) is 19.1. The molecule has 2 aromatic heterocycles. The lowest BCUT2D eigenvalue weighted by Crippen LogP contribution is -2.48. The number of hydrogen-bond donors (Lipinski definition) is 1. The van der Waals surface area contributed by atoms with Crippen LogP contribution in [0.25, 0.3) is 5.69 Å². The topological polar surface area (TPSA) is 75.9 Å². The first-order chi connectivity index (χ1) is 14.3. The summed E-state index contributed by atoms with van der Waals surface area (Å²) >= 11 is 0. The Morgan fingerprint density at radius 2 is 2.03 bits per heavy atom. The lowest BCUT2D eigenvalue weighted by Gasteiger charge is -2.36. The van der Waals surface area contributed by atoms with Gasteiger partial charge in [-0.25, -0.2) is 14.5 Å². The third kappa shape index (κ3) is 4.80. The molecular weight excluding hydrogens is 364 g/mol. The summed E-state index contributed by atoms with van der Waals surface area (Å²) in [5, 5.41) is 7.31. The zero-order valence-electron chi connectivity index (χ0n) is 16.4. The SMILES string of the molecule is O=C(NCc1ccccc1-n1cncn1)N1CCCC[C@@H]1CCc1ccccn1. The Balaban J connectivity index is 1.38. The average Bonchev–Trinajstić information content (AvgIpc) is 3.32. The van der Waals surface area contributed by atoms with E-state index in [0.29, 0.717) is 6.54 Å². The first-order valence-electron chi connectivity index (χ1n) is 10.2. The van der Waals surface area contributed by atoms with Crippen molar-refractivity contribution in [1.82, 2.24) is 30.0 Å². The van der Waals surface area contributed by atoms with Crippen molar-refractivity contribution >= 4 is 6.03 Å². The molecule has 7 heteroatoms. The molecule has 150 valence electrons. The van der Waals surface area contributed by atoms with Gasteiger partial charge in [-0.15, -0.1) is 0 Å². The van der Waals surface area contributed by atoms with Crippen molar-refractivity contribution in [2.75, 3.05) is 6.54 Å². The number of rotatable bonds is 6. The number of carbonyl (C=O) groups excluding carboxylic acids is 1. The highest BCUT2D eigenvalue weighted by Gasteiger charge is 2.26. The fourth-order valence-electron chi connectivity index (χ4n) is 3.92. The van der Waals surface area contributed by atoms with Gasteiger partial charge in [-0.05, 0) is 55.9 Å². The molecule has 1 atom stereocenters. The number of urea groups is 1. The highest BCUT2D eigenvalue weighted by atomic mass is 16.2. The van der Waals surface area contributed by atoms with Crippen LogP contribution in [0.4, 0.5) is 4.79 Å². The molecule has 3 heterocycles. The van der Waals surface area contributed by atoms with Crippen molar-refractivity contribution in [3.8, 4) is 5.69 Å². The Morgan fingerprint density at radius 3 is 2.86 bits per heavy atom. The number of nitrogens with zero attached hydrogens (tertiary/aromatic N) is 5. The maximum absolute atomic E-state index is 13.0. The molecule has 3 aromatic rings. The molecule has 0 unspecified atom stereocenters. The van der Waals surface area contributed by atoms with Gasteiger partial charge in [0.05, 0.1) is 5.69 Å². The highest BCUT2D eigenvalue weighted by molar-refractivity contribution is 5.74. The van der Waals surface area contributed by atoms with Gasteiger partial charge in [0, 0.05) is 31.0 Å². The number of pyridine rings is 1. The van der Waals surface area contributed by atoms with Gasteiger partial charge in [0.1, 0.15) is 12.7 Å². The van der Waals surface area contributed by atoms with Crippen LogP contribution in [-0.4, -0.2) is 43.3 Å². The normalized spacial score (nSPS) is 16.6. The van der Waals surface area contributed by atoms with Crippen molar-refractivity contribution in [2.24, 2.45) is 0 Å². The minimum atomic E-state index is 0.00381. The molecule has 1 N–H and O–H groups in total. The fourth-order valence-corrected chi connectivity index (χ4v) is 3.92. The number of carbonyl (C=O) groups is 1. The fraction of sp³-hybridized carbons (Fsp3) is 0.364. The molecule has 1 aliphatic heterocycles. The van der Waals surface area contributed by atoms with Crippen LogP contribution in [0.5, 0.6) is 0 Å². The van der Waals surface area contributed by atoms with Crippen molar-refractivity contribution in [1.29, 1.82) is 0 Å². The quantitative estimate of drug-likeness (QED) is 0.700. The maximum atomic E-state index is 13.0. The molecule has 0 radical (unpaired) electrons. The van der Waals surface area contributed by atoms with E-state index in [4.69, 9.17) is 0 Å². The average molecular weight is 390 g/mol. The Labute approximate surface area is 170 Å². The lowest BCUT2D eigenvalue weighted by molar-refractivity contribution is 0.146. The minimum absolute atomic E-state index is 0.00381. The van der Waals surface area contributed by atoms with Crippen molar-refractivity contribution in [2.45, 2.75) is 44.7 Å². The summed E-state index contributed by atoms with van der Waals surface area (Å²) in [6, 6.07) is 14.2. The van der Waals surface area contributed by atoms with E-state index in [2.05, 4.69) is 20.4 Å². The molecule has 1 aliphatic rings. The van der Waals surface area contributed by atoms with Crippen LogP contribution >= 0.6 is 0 Å². The van der Waals surface area contributed by atoms with Gasteiger partial charge in [-0.1, -0.05) is 24.3 Å². The van der Waals surface area contributed by atoms with E-state index >= 15 is 0 Å². The molecule has 0 saturated carbocycles. The van der Waals surface area contributed by atoms with E-state index in [1.54, 1.807) is 11.0 Å². The molecule has 0 spiro atoms. The van der Waals surface area contributed by atoms with E-state index in [-0.39, 0.29) is 12.1 Å². The Bertz CT molecular complexity index is 912. The second kappa shape index (κ2) is 9.32. The summed E-state index contributed by atoms with van der Waals surface area (Å²) in [5.74, 6) is 0. The number of nitrogens with one attached hydrogen (secondary N) is 1. The van der Waals surface area contributed by atoms with Gasteiger partial charge >= 0.3 is 6.03 Å². The third-order valence-electron chi connectivity index (χ3n) is 5.44. The second-order valence-corrected chi connectivity index (χ2v) is 7.33. The summed E-state index contributed by atoms with van der Waals surface area (Å²) in [5.41, 5.74) is 3.02. The monoisotopic (exact) mass is 390 g/mol. The van der Waals surface area contributed by atoms with Crippen molar-refractivity contribution < 1.29 is 4.79 Å². The Morgan fingerprint density at radius 1 is 1.14 bits per heavy atom. The molecule has 1 fully saturated rings. The number of benzene rings is 1. The van der Waals surface area contributed by atoms with Crippen LogP contribution in [0.3, 0.4) is 0 Å².